The van der Waals surface area contributed by atoms with Crippen LogP contribution < -0.4 is 5.73 Å². The van der Waals surface area contributed by atoms with Crippen molar-refractivity contribution in [1.82, 2.24) is 9.55 Å². The van der Waals surface area contributed by atoms with Gasteiger partial charge in [-0.3, -0.25) is 0 Å². The molecule has 1 aromatic carbocycles. The van der Waals surface area contributed by atoms with Crippen LogP contribution in [0.4, 0.5) is 0 Å². The number of rotatable bonds is 4. The summed E-state index contributed by atoms with van der Waals surface area (Å²) in [7, 11) is 0. The maximum atomic E-state index is 6.42. The van der Waals surface area contributed by atoms with Crippen molar-refractivity contribution < 1.29 is 0 Å². The van der Waals surface area contributed by atoms with Crippen LogP contribution in [0, 0.1) is 5.92 Å². The van der Waals surface area contributed by atoms with Crippen molar-refractivity contribution in [2.45, 2.75) is 45.2 Å². The lowest BCUT2D eigenvalue weighted by Crippen LogP contribution is -2.22. The van der Waals surface area contributed by atoms with Crippen LogP contribution >= 0.6 is 15.9 Å². The quantitative estimate of drug-likeness (QED) is 0.918. The topological polar surface area (TPSA) is 43.8 Å². The molecule has 3 nitrogen and oxygen atoms in total. The highest BCUT2D eigenvalue weighted by Gasteiger charge is 2.31. The Morgan fingerprint density at radius 1 is 1.47 bits per heavy atom. The second-order valence-corrected chi connectivity index (χ2v) is 6.53. The van der Waals surface area contributed by atoms with E-state index >= 15 is 0 Å². The highest BCUT2D eigenvalue weighted by molar-refractivity contribution is 9.10. The number of hydrogen-bond donors (Lipinski definition) is 1. The maximum Gasteiger partial charge on any atom is 0.127 e. The molecule has 1 aliphatic rings. The molecule has 19 heavy (non-hydrogen) atoms. The fourth-order valence-electron chi connectivity index (χ4n) is 2.55. The molecule has 0 spiro atoms. The van der Waals surface area contributed by atoms with Crippen molar-refractivity contribution in [2.24, 2.45) is 11.7 Å². The highest BCUT2D eigenvalue weighted by Crippen LogP contribution is 2.41. The van der Waals surface area contributed by atoms with Gasteiger partial charge in [-0.2, -0.15) is 0 Å². The van der Waals surface area contributed by atoms with Gasteiger partial charge in [-0.15, -0.1) is 0 Å². The van der Waals surface area contributed by atoms with Gasteiger partial charge in [0.2, 0.25) is 0 Å². The normalized spacial score (nSPS) is 18.7. The Morgan fingerprint density at radius 2 is 2.21 bits per heavy atom. The Hall–Kier alpha value is -0.870. The Balaban J connectivity index is 2.14. The van der Waals surface area contributed by atoms with Crippen molar-refractivity contribution in [3.63, 3.8) is 0 Å². The first-order valence-corrected chi connectivity index (χ1v) is 7.84. The summed E-state index contributed by atoms with van der Waals surface area (Å²) in [6.07, 6.45) is 3.59. The minimum Gasteiger partial charge on any atom is -0.324 e. The number of imidazole rings is 1. The summed E-state index contributed by atoms with van der Waals surface area (Å²) in [4.78, 5) is 4.81. The van der Waals surface area contributed by atoms with E-state index in [-0.39, 0.29) is 6.04 Å². The standard InChI is InChI=1S/C15H20BrN3/c1-3-9(2)14(17)15-18-12-8-10(16)4-7-13(12)19(15)11-5-6-11/h4,7-9,11,14H,3,5-6,17H2,1-2H3. The minimum absolute atomic E-state index is 0.0248. The number of benzene rings is 1. The van der Waals surface area contributed by atoms with Crippen LogP contribution in [-0.4, -0.2) is 9.55 Å². The molecule has 2 atom stereocenters. The molecule has 2 N–H and O–H groups in total. The highest BCUT2D eigenvalue weighted by atomic mass is 79.9. The molecule has 0 radical (unpaired) electrons. The van der Waals surface area contributed by atoms with E-state index in [0.29, 0.717) is 12.0 Å². The number of hydrogen-bond acceptors (Lipinski definition) is 2. The van der Waals surface area contributed by atoms with Crippen LogP contribution in [0.5, 0.6) is 0 Å². The fourth-order valence-corrected chi connectivity index (χ4v) is 2.90. The summed E-state index contributed by atoms with van der Waals surface area (Å²) in [6, 6.07) is 6.95. The Labute approximate surface area is 122 Å². The van der Waals surface area contributed by atoms with Crippen LogP contribution in [-0.2, 0) is 0 Å². The predicted molar refractivity (Wildman–Crippen MR) is 82.1 cm³/mol. The molecule has 1 aliphatic carbocycles. The van der Waals surface area contributed by atoms with Crippen LogP contribution in [0.25, 0.3) is 11.0 Å². The third-order valence-corrected chi connectivity index (χ3v) is 4.64. The SMILES string of the molecule is CCC(C)C(N)c1nc2cc(Br)ccc2n1C1CC1. The van der Waals surface area contributed by atoms with E-state index in [2.05, 4.69) is 52.5 Å². The summed E-state index contributed by atoms with van der Waals surface area (Å²) in [5.74, 6) is 1.52. The van der Waals surface area contributed by atoms with E-state index in [1.54, 1.807) is 0 Å². The van der Waals surface area contributed by atoms with Gasteiger partial charge in [0.05, 0.1) is 17.1 Å². The molecule has 4 heteroatoms. The average Bonchev–Trinajstić information content (AvgIpc) is 3.17. The molecule has 1 heterocycles. The first kappa shape index (κ1) is 13.1. The molecule has 1 fully saturated rings. The molecule has 2 unspecified atom stereocenters. The van der Waals surface area contributed by atoms with Crippen molar-refractivity contribution in [2.75, 3.05) is 0 Å². The number of nitrogens with zero attached hydrogens (tertiary/aromatic N) is 2. The van der Waals surface area contributed by atoms with Gasteiger partial charge in [-0.25, -0.2) is 4.98 Å². The minimum atomic E-state index is 0.0248. The molecule has 2 aromatic rings. The van der Waals surface area contributed by atoms with Gasteiger partial charge in [0.1, 0.15) is 5.82 Å². The van der Waals surface area contributed by atoms with E-state index in [9.17, 15) is 0 Å². The lowest BCUT2D eigenvalue weighted by molar-refractivity contribution is 0.425. The zero-order valence-corrected chi connectivity index (χ0v) is 13.0. The third kappa shape index (κ3) is 2.32. The number of aromatic nitrogens is 2. The Morgan fingerprint density at radius 3 is 2.84 bits per heavy atom. The van der Waals surface area contributed by atoms with Crippen LogP contribution in [0.1, 0.15) is 51.0 Å². The fraction of sp³-hybridized carbons (Fsp3) is 0.533. The van der Waals surface area contributed by atoms with Gasteiger partial charge in [-0.1, -0.05) is 36.2 Å². The molecule has 0 saturated heterocycles. The summed E-state index contributed by atoms with van der Waals surface area (Å²) in [5.41, 5.74) is 8.69. The van der Waals surface area contributed by atoms with Gasteiger partial charge in [0, 0.05) is 10.5 Å². The zero-order chi connectivity index (χ0) is 13.6. The second-order valence-electron chi connectivity index (χ2n) is 5.62. The average molecular weight is 322 g/mol. The summed E-state index contributed by atoms with van der Waals surface area (Å²) >= 11 is 3.52. The molecule has 0 bridgehead atoms. The summed E-state index contributed by atoms with van der Waals surface area (Å²) in [6.45, 7) is 4.39. The van der Waals surface area contributed by atoms with Crippen LogP contribution in [0.2, 0.25) is 0 Å². The largest absolute Gasteiger partial charge is 0.324 e. The van der Waals surface area contributed by atoms with Gasteiger partial charge in [0.15, 0.2) is 0 Å². The molecule has 1 saturated carbocycles. The third-order valence-electron chi connectivity index (χ3n) is 4.15. The lowest BCUT2D eigenvalue weighted by atomic mass is 9.99. The monoisotopic (exact) mass is 321 g/mol. The first-order valence-electron chi connectivity index (χ1n) is 7.04. The summed E-state index contributed by atoms with van der Waals surface area (Å²) < 4.78 is 3.45. The predicted octanol–water partition coefficient (Wildman–Crippen LogP) is 4.18. The number of fused-ring (bicyclic) bond motifs is 1. The Bertz CT molecular complexity index is 601. The summed E-state index contributed by atoms with van der Waals surface area (Å²) in [5, 5.41) is 0. The smallest absolute Gasteiger partial charge is 0.127 e. The van der Waals surface area contributed by atoms with Crippen LogP contribution in [0.15, 0.2) is 22.7 Å². The molecule has 1 aromatic heterocycles. The van der Waals surface area contributed by atoms with E-state index in [4.69, 9.17) is 10.7 Å². The molecule has 0 aliphatic heterocycles. The van der Waals surface area contributed by atoms with E-state index < -0.39 is 0 Å². The second kappa shape index (κ2) is 4.91. The first-order chi connectivity index (χ1) is 9.11. The molecule has 0 amide bonds. The lowest BCUT2D eigenvalue weighted by Gasteiger charge is -2.19. The number of halogens is 1. The molecular weight excluding hydrogens is 302 g/mol. The van der Waals surface area contributed by atoms with Crippen molar-refractivity contribution in [3.05, 3.63) is 28.5 Å². The maximum absolute atomic E-state index is 6.42. The van der Waals surface area contributed by atoms with Gasteiger partial charge in [-0.05, 0) is 37.0 Å². The van der Waals surface area contributed by atoms with Crippen LogP contribution in [0.3, 0.4) is 0 Å². The number of nitrogens with two attached hydrogens (primary N) is 1. The molecule has 102 valence electrons. The molecular formula is C15H20BrN3. The van der Waals surface area contributed by atoms with Gasteiger partial charge >= 0.3 is 0 Å². The van der Waals surface area contributed by atoms with E-state index in [0.717, 1.165) is 22.2 Å². The molecule has 3 rings (SSSR count). The zero-order valence-electron chi connectivity index (χ0n) is 11.4. The van der Waals surface area contributed by atoms with Crippen molar-refractivity contribution in [1.29, 1.82) is 0 Å². The van der Waals surface area contributed by atoms with E-state index in [1.807, 2.05) is 0 Å². The van der Waals surface area contributed by atoms with Gasteiger partial charge in [0.25, 0.3) is 0 Å². The van der Waals surface area contributed by atoms with E-state index in [1.165, 1.54) is 18.4 Å². The van der Waals surface area contributed by atoms with Crippen molar-refractivity contribution >= 4 is 27.0 Å². The Kier molecular flexibility index (Phi) is 3.39. The van der Waals surface area contributed by atoms with Crippen molar-refractivity contribution in [3.8, 4) is 0 Å². The van der Waals surface area contributed by atoms with Gasteiger partial charge < -0.3 is 10.3 Å².